The van der Waals surface area contributed by atoms with Gasteiger partial charge in [-0.25, -0.2) is 0 Å². The van der Waals surface area contributed by atoms with Crippen LogP contribution in [0.5, 0.6) is 0 Å². The molecule has 2 aromatic rings. The molecular formula is C22H19N3O5. The van der Waals surface area contributed by atoms with Crippen molar-refractivity contribution in [3.63, 3.8) is 0 Å². The van der Waals surface area contributed by atoms with Gasteiger partial charge < -0.3 is 4.42 Å². The van der Waals surface area contributed by atoms with E-state index in [9.17, 15) is 25.0 Å². The largest absolute Gasteiger partial charge is 0.457 e. The molecule has 2 amide bonds. The number of hydrogen-bond acceptors (Lipinski definition) is 6. The number of non-ortho nitro benzene ring substituents is 1. The fourth-order valence-corrected chi connectivity index (χ4v) is 3.16. The highest BCUT2D eigenvalue weighted by atomic mass is 16.6. The molecule has 8 nitrogen and oxygen atoms in total. The lowest BCUT2D eigenvalue weighted by Crippen LogP contribution is -2.44. The van der Waals surface area contributed by atoms with Crippen LogP contribution in [0.3, 0.4) is 0 Å². The second-order valence-corrected chi connectivity index (χ2v) is 7.29. The van der Waals surface area contributed by atoms with Crippen molar-refractivity contribution in [2.75, 3.05) is 6.54 Å². The number of imide groups is 1. The number of furan rings is 1. The molecule has 1 aliphatic rings. The summed E-state index contributed by atoms with van der Waals surface area (Å²) in [6.45, 7) is 5.50. The third-order valence-corrected chi connectivity index (χ3v) is 4.63. The summed E-state index contributed by atoms with van der Waals surface area (Å²) < 4.78 is 5.76. The SMILES string of the molecule is CC1=C(C#N)C(=O)N(CC(C)C)C(=O)/C1=C/c1ccc(-c2cccc([N+](=O)[O-])c2)o1. The average molecular weight is 405 g/mol. The maximum atomic E-state index is 12.9. The number of nitrogens with zero attached hydrogens (tertiary/aromatic N) is 3. The van der Waals surface area contributed by atoms with Gasteiger partial charge in [-0.2, -0.15) is 5.26 Å². The van der Waals surface area contributed by atoms with E-state index in [-0.39, 0.29) is 29.3 Å². The van der Waals surface area contributed by atoms with E-state index in [1.54, 1.807) is 31.2 Å². The summed E-state index contributed by atoms with van der Waals surface area (Å²) in [7, 11) is 0. The second-order valence-electron chi connectivity index (χ2n) is 7.29. The fraction of sp³-hybridized carbons (Fsp3) is 0.227. The third-order valence-electron chi connectivity index (χ3n) is 4.63. The number of amides is 2. The predicted molar refractivity (Wildman–Crippen MR) is 109 cm³/mol. The van der Waals surface area contributed by atoms with E-state index in [1.807, 2.05) is 19.9 Å². The summed E-state index contributed by atoms with van der Waals surface area (Å²) in [5.74, 6) is -0.316. The number of nitro benzene ring substituents is 1. The Kier molecular flexibility index (Phi) is 5.65. The normalized spacial score (nSPS) is 15.8. The molecule has 152 valence electrons. The van der Waals surface area contributed by atoms with Crippen molar-refractivity contribution in [2.45, 2.75) is 20.8 Å². The minimum absolute atomic E-state index is 0.0431. The average Bonchev–Trinajstić information content (AvgIpc) is 3.17. The Balaban J connectivity index is 2.02. The van der Waals surface area contributed by atoms with Gasteiger partial charge in [0.15, 0.2) is 0 Å². The first-order chi connectivity index (χ1) is 14.2. The zero-order valence-electron chi connectivity index (χ0n) is 16.7. The molecule has 0 spiro atoms. The Morgan fingerprint density at radius 3 is 2.60 bits per heavy atom. The summed E-state index contributed by atoms with van der Waals surface area (Å²) in [6.07, 6.45) is 1.48. The van der Waals surface area contributed by atoms with Crippen molar-refractivity contribution < 1.29 is 18.9 Å². The Hall–Kier alpha value is -3.99. The van der Waals surface area contributed by atoms with Crippen LogP contribution in [0.1, 0.15) is 26.5 Å². The Morgan fingerprint density at radius 2 is 1.97 bits per heavy atom. The molecule has 0 saturated carbocycles. The highest BCUT2D eigenvalue weighted by Gasteiger charge is 2.35. The Morgan fingerprint density at radius 1 is 1.23 bits per heavy atom. The van der Waals surface area contributed by atoms with E-state index < -0.39 is 16.7 Å². The summed E-state index contributed by atoms with van der Waals surface area (Å²) in [5.41, 5.74) is 0.872. The maximum absolute atomic E-state index is 12.9. The first kappa shape index (κ1) is 20.7. The van der Waals surface area contributed by atoms with Crippen LogP contribution in [0.2, 0.25) is 0 Å². The highest BCUT2D eigenvalue weighted by molar-refractivity contribution is 6.19. The molecule has 0 atom stereocenters. The quantitative estimate of drug-likeness (QED) is 0.320. The van der Waals surface area contributed by atoms with E-state index in [2.05, 4.69) is 0 Å². The van der Waals surface area contributed by atoms with Gasteiger partial charge in [0.05, 0.1) is 4.92 Å². The highest BCUT2D eigenvalue weighted by Crippen LogP contribution is 2.30. The minimum Gasteiger partial charge on any atom is -0.457 e. The van der Waals surface area contributed by atoms with Crippen LogP contribution < -0.4 is 0 Å². The molecule has 1 aromatic heterocycles. The molecule has 3 rings (SSSR count). The molecule has 0 aliphatic carbocycles. The van der Waals surface area contributed by atoms with Gasteiger partial charge in [-0.15, -0.1) is 0 Å². The summed E-state index contributed by atoms with van der Waals surface area (Å²) in [4.78, 5) is 37.0. The van der Waals surface area contributed by atoms with Gasteiger partial charge in [-0.3, -0.25) is 24.6 Å². The van der Waals surface area contributed by atoms with E-state index in [1.165, 1.54) is 18.2 Å². The lowest BCUT2D eigenvalue weighted by atomic mass is 9.94. The second kappa shape index (κ2) is 8.17. The monoisotopic (exact) mass is 405 g/mol. The summed E-state index contributed by atoms with van der Waals surface area (Å²) >= 11 is 0. The standard InChI is InChI=1S/C22H19N3O5/c1-13(2)12-24-21(26)18(14(3)19(11-23)22(24)27)10-17-7-8-20(30-17)15-5-4-6-16(9-15)25(28)29/h4-10,13H,12H2,1-3H3/b18-10+. The Bertz CT molecular complexity index is 1150. The number of rotatable bonds is 5. The number of benzene rings is 1. The van der Waals surface area contributed by atoms with Crippen LogP contribution in [0, 0.1) is 27.4 Å². The molecular weight excluding hydrogens is 386 g/mol. The van der Waals surface area contributed by atoms with Crippen LogP contribution in [0.15, 0.2) is 57.5 Å². The van der Waals surface area contributed by atoms with Crippen molar-refractivity contribution in [1.82, 2.24) is 4.90 Å². The lowest BCUT2D eigenvalue weighted by molar-refractivity contribution is -0.384. The molecule has 0 saturated heterocycles. The number of carbonyl (C=O) groups is 2. The van der Waals surface area contributed by atoms with Gasteiger partial charge in [-0.1, -0.05) is 26.0 Å². The van der Waals surface area contributed by atoms with Crippen molar-refractivity contribution in [3.05, 3.63) is 69.0 Å². The van der Waals surface area contributed by atoms with Crippen LogP contribution >= 0.6 is 0 Å². The van der Waals surface area contributed by atoms with Crippen molar-refractivity contribution >= 4 is 23.6 Å². The lowest BCUT2D eigenvalue weighted by Gasteiger charge is -2.28. The first-order valence-electron chi connectivity index (χ1n) is 9.26. The summed E-state index contributed by atoms with van der Waals surface area (Å²) in [6, 6.07) is 11.2. The van der Waals surface area contributed by atoms with Gasteiger partial charge in [0.1, 0.15) is 23.2 Å². The number of hydrogen-bond donors (Lipinski definition) is 0. The molecule has 1 aromatic carbocycles. The number of nitro groups is 1. The zero-order chi connectivity index (χ0) is 22.0. The smallest absolute Gasteiger partial charge is 0.271 e. The van der Waals surface area contributed by atoms with E-state index >= 15 is 0 Å². The van der Waals surface area contributed by atoms with E-state index in [4.69, 9.17) is 4.42 Å². The maximum Gasteiger partial charge on any atom is 0.271 e. The van der Waals surface area contributed by atoms with Crippen LogP contribution in [0.4, 0.5) is 5.69 Å². The molecule has 2 heterocycles. The van der Waals surface area contributed by atoms with Crippen molar-refractivity contribution in [1.29, 1.82) is 5.26 Å². The third kappa shape index (κ3) is 3.91. The van der Waals surface area contributed by atoms with Gasteiger partial charge in [0.2, 0.25) is 0 Å². The van der Waals surface area contributed by atoms with Crippen molar-refractivity contribution in [3.8, 4) is 17.4 Å². The van der Waals surface area contributed by atoms with Crippen LogP contribution in [-0.2, 0) is 9.59 Å². The van der Waals surface area contributed by atoms with E-state index in [0.29, 0.717) is 22.7 Å². The molecule has 0 bridgehead atoms. The van der Waals surface area contributed by atoms with Crippen LogP contribution in [-0.4, -0.2) is 28.2 Å². The molecule has 0 N–H and O–H groups in total. The molecule has 0 unspecified atom stereocenters. The molecule has 0 fully saturated rings. The summed E-state index contributed by atoms with van der Waals surface area (Å²) in [5, 5.41) is 20.4. The van der Waals surface area contributed by atoms with Crippen LogP contribution in [0.25, 0.3) is 17.4 Å². The van der Waals surface area contributed by atoms with Crippen molar-refractivity contribution in [2.24, 2.45) is 5.92 Å². The van der Waals surface area contributed by atoms with Gasteiger partial charge in [0.25, 0.3) is 17.5 Å². The molecule has 1 aliphatic heterocycles. The molecule has 30 heavy (non-hydrogen) atoms. The first-order valence-corrected chi connectivity index (χ1v) is 9.26. The van der Waals surface area contributed by atoms with Gasteiger partial charge in [0, 0.05) is 29.8 Å². The van der Waals surface area contributed by atoms with Gasteiger partial charge in [-0.05, 0) is 36.6 Å². The molecule has 0 radical (unpaired) electrons. The molecule has 8 heteroatoms. The number of carbonyl (C=O) groups excluding carboxylic acids is 2. The topological polar surface area (TPSA) is 117 Å². The predicted octanol–water partition coefficient (Wildman–Crippen LogP) is 4.10. The van der Waals surface area contributed by atoms with Gasteiger partial charge >= 0.3 is 0 Å². The zero-order valence-corrected chi connectivity index (χ0v) is 16.7. The Labute approximate surface area is 172 Å². The fourth-order valence-electron chi connectivity index (χ4n) is 3.16. The van der Waals surface area contributed by atoms with E-state index in [0.717, 1.165) is 4.90 Å². The number of nitriles is 1. The minimum atomic E-state index is -0.595.